The highest BCUT2D eigenvalue weighted by atomic mass is 35.5. The number of rotatable bonds is 8. The van der Waals surface area contributed by atoms with Gasteiger partial charge in [-0.15, -0.1) is 0 Å². The summed E-state index contributed by atoms with van der Waals surface area (Å²) in [6.07, 6.45) is 1.48. The SMILES string of the molecule is Cc1c(Cl)cccc1S(=O)(=O)Nc1ncccc1OCCOc1ccccc1. The number of anilines is 1. The first-order valence-electron chi connectivity index (χ1n) is 8.51. The van der Waals surface area contributed by atoms with Crippen LogP contribution in [0.4, 0.5) is 5.82 Å². The zero-order valence-electron chi connectivity index (χ0n) is 15.1. The molecular weight excluding hydrogens is 400 g/mol. The van der Waals surface area contributed by atoms with E-state index in [1.807, 2.05) is 30.3 Å². The molecular formula is C20H19ClN2O4S. The number of benzene rings is 2. The number of ether oxygens (including phenoxy) is 2. The van der Waals surface area contributed by atoms with Gasteiger partial charge in [-0.1, -0.05) is 35.9 Å². The fraction of sp³-hybridized carbons (Fsp3) is 0.150. The van der Waals surface area contributed by atoms with Crippen molar-refractivity contribution in [2.24, 2.45) is 0 Å². The van der Waals surface area contributed by atoms with Crippen LogP contribution >= 0.6 is 11.6 Å². The highest BCUT2D eigenvalue weighted by molar-refractivity contribution is 7.92. The predicted octanol–water partition coefficient (Wildman–Crippen LogP) is 4.30. The minimum atomic E-state index is -3.87. The largest absolute Gasteiger partial charge is 0.490 e. The average molecular weight is 419 g/mol. The van der Waals surface area contributed by atoms with E-state index in [4.69, 9.17) is 21.1 Å². The van der Waals surface area contributed by atoms with Crippen LogP contribution in [0.1, 0.15) is 5.56 Å². The summed E-state index contributed by atoms with van der Waals surface area (Å²) in [4.78, 5) is 4.18. The van der Waals surface area contributed by atoms with Gasteiger partial charge in [-0.3, -0.25) is 4.72 Å². The van der Waals surface area contributed by atoms with Crippen LogP contribution in [-0.4, -0.2) is 26.6 Å². The Morgan fingerprint density at radius 1 is 0.964 bits per heavy atom. The van der Waals surface area contributed by atoms with Crippen LogP contribution < -0.4 is 14.2 Å². The minimum Gasteiger partial charge on any atom is -0.490 e. The monoisotopic (exact) mass is 418 g/mol. The molecule has 0 spiro atoms. The maximum absolute atomic E-state index is 12.8. The van der Waals surface area contributed by atoms with Crippen LogP contribution in [0.15, 0.2) is 71.8 Å². The Labute approximate surface area is 169 Å². The van der Waals surface area contributed by atoms with Crippen LogP contribution in [0.2, 0.25) is 5.02 Å². The van der Waals surface area contributed by atoms with Crippen molar-refractivity contribution in [3.63, 3.8) is 0 Å². The summed E-state index contributed by atoms with van der Waals surface area (Å²) in [5.74, 6) is 1.14. The van der Waals surface area contributed by atoms with Crippen molar-refractivity contribution < 1.29 is 17.9 Å². The number of aromatic nitrogens is 1. The van der Waals surface area contributed by atoms with Crippen LogP contribution in [0.3, 0.4) is 0 Å². The van der Waals surface area contributed by atoms with Crippen molar-refractivity contribution in [1.82, 2.24) is 4.98 Å². The normalized spacial score (nSPS) is 11.1. The molecule has 1 heterocycles. The summed E-state index contributed by atoms with van der Waals surface area (Å²) in [7, 11) is -3.87. The fourth-order valence-corrected chi connectivity index (χ4v) is 3.99. The Bertz CT molecular complexity index is 1040. The molecule has 3 rings (SSSR count). The lowest BCUT2D eigenvalue weighted by atomic mass is 10.2. The molecule has 0 radical (unpaired) electrons. The summed E-state index contributed by atoms with van der Waals surface area (Å²) in [6, 6.07) is 17.4. The van der Waals surface area contributed by atoms with Gasteiger partial charge >= 0.3 is 0 Å². The molecule has 0 unspecified atom stereocenters. The lowest BCUT2D eigenvalue weighted by Crippen LogP contribution is -2.17. The van der Waals surface area contributed by atoms with Gasteiger partial charge in [-0.25, -0.2) is 13.4 Å². The molecule has 146 valence electrons. The first-order valence-corrected chi connectivity index (χ1v) is 10.4. The molecule has 0 saturated heterocycles. The van der Waals surface area contributed by atoms with E-state index in [1.165, 1.54) is 12.3 Å². The third-order valence-corrected chi connectivity index (χ3v) is 5.75. The molecule has 0 aliphatic rings. The number of sulfonamides is 1. The quantitative estimate of drug-likeness (QED) is 0.552. The molecule has 1 aromatic heterocycles. The van der Waals surface area contributed by atoms with Crippen molar-refractivity contribution in [2.45, 2.75) is 11.8 Å². The molecule has 2 aromatic carbocycles. The summed E-state index contributed by atoms with van der Waals surface area (Å²) in [6.45, 7) is 2.18. The molecule has 0 amide bonds. The van der Waals surface area contributed by atoms with E-state index in [0.29, 0.717) is 22.9 Å². The zero-order chi connectivity index (χ0) is 20.0. The Balaban J connectivity index is 1.69. The second-order valence-corrected chi connectivity index (χ2v) is 7.89. The van der Waals surface area contributed by atoms with Gasteiger partial charge in [0.1, 0.15) is 19.0 Å². The van der Waals surface area contributed by atoms with Crippen molar-refractivity contribution in [1.29, 1.82) is 0 Å². The van der Waals surface area contributed by atoms with Crippen molar-refractivity contribution >= 4 is 27.4 Å². The molecule has 0 aliphatic heterocycles. The topological polar surface area (TPSA) is 77.5 Å². The molecule has 0 fully saturated rings. The summed E-state index contributed by atoms with van der Waals surface area (Å²) in [5.41, 5.74) is 0.464. The third kappa shape index (κ3) is 4.94. The molecule has 8 heteroatoms. The van der Waals surface area contributed by atoms with E-state index in [1.54, 1.807) is 31.2 Å². The first kappa shape index (κ1) is 20.0. The predicted molar refractivity (Wildman–Crippen MR) is 109 cm³/mol. The van der Waals surface area contributed by atoms with Gasteiger partial charge in [0, 0.05) is 11.2 Å². The Morgan fingerprint density at radius 2 is 1.71 bits per heavy atom. The number of para-hydroxylation sites is 1. The van der Waals surface area contributed by atoms with E-state index >= 15 is 0 Å². The number of hydrogen-bond donors (Lipinski definition) is 1. The van der Waals surface area contributed by atoms with E-state index in [2.05, 4.69) is 9.71 Å². The van der Waals surface area contributed by atoms with Gasteiger partial charge in [0.25, 0.3) is 10.0 Å². The summed E-state index contributed by atoms with van der Waals surface area (Å²) in [5, 5.41) is 0.374. The number of nitrogens with zero attached hydrogens (tertiary/aromatic N) is 1. The van der Waals surface area contributed by atoms with Gasteiger partial charge in [-0.2, -0.15) is 0 Å². The maximum Gasteiger partial charge on any atom is 0.263 e. The lowest BCUT2D eigenvalue weighted by molar-refractivity contribution is 0.217. The van der Waals surface area contributed by atoms with Crippen LogP contribution in [0, 0.1) is 6.92 Å². The zero-order valence-corrected chi connectivity index (χ0v) is 16.7. The van der Waals surface area contributed by atoms with E-state index in [9.17, 15) is 8.42 Å². The third-order valence-electron chi connectivity index (χ3n) is 3.86. The van der Waals surface area contributed by atoms with Gasteiger partial charge in [-0.05, 0) is 48.9 Å². The highest BCUT2D eigenvalue weighted by Gasteiger charge is 2.20. The first-order chi connectivity index (χ1) is 13.5. The van der Waals surface area contributed by atoms with Gasteiger partial charge in [0.05, 0.1) is 4.90 Å². The van der Waals surface area contributed by atoms with E-state index in [-0.39, 0.29) is 17.3 Å². The van der Waals surface area contributed by atoms with E-state index in [0.717, 1.165) is 5.75 Å². The van der Waals surface area contributed by atoms with Crippen molar-refractivity contribution in [3.8, 4) is 11.5 Å². The molecule has 0 aliphatic carbocycles. The summed E-state index contributed by atoms with van der Waals surface area (Å²) >= 11 is 6.04. The van der Waals surface area contributed by atoms with E-state index < -0.39 is 10.0 Å². The smallest absolute Gasteiger partial charge is 0.263 e. The highest BCUT2D eigenvalue weighted by Crippen LogP contribution is 2.27. The molecule has 1 N–H and O–H groups in total. The number of nitrogens with one attached hydrogen (secondary N) is 1. The van der Waals surface area contributed by atoms with Gasteiger partial charge in [0.15, 0.2) is 11.6 Å². The van der Waals surface area contributed by atoms with Crippen LogP contribution in [0.25, 0.3) is 0 Å². The molecule has 6 nitrogen and oxygen atoms in total. The molecule has 0 saturated carbocycles. The molecule has 28 heavy (non-hydrogen) atoms. The van der Waals surface area contributed by atoms with Crippen molar-refractivity contribution in [3.05, 3.63) is 77.4 Å². The molecule has 0 atom stereocenters. The van der Waals surface area contributed by atoms with Gasteiger partial charge < -0.3 is 9.47 Å². The maximum atomic E-state index is 12.8. The van der Waals surface area contributed by atoms with Crippen molar-refractivity contribution in [2.75, 3.05) is 17.9 Å². The average Bonchev–Trinajstić information content (AvgIpc) is 2.69. The fourth-order valence-electron chi connectivity index (χ4n) is 2.47. The number of pyridine rings is 1. The second-order valence-electron chi connectivity index (χ2n) is 5.83. The Hall–Kier alpha value is -2.77. The standard InChI is InChI=1S/C20H19ClN2O4S/c1-15-17(21)9-5-11-19(15)28(24,25)23-20-18(10-6-12-22-20)27-14-13-26-16-7-3-2-4-8-16/h2-12H,13-14H2,1H3,(H,22,23). The lowest BCUT2D eigenvalue weighted by Gasteiger charge is -2.14. The molecule has 0 bridgehead atoms. The number of halogens is 1. The Morgan fingerprint density at radius 3 is 2.50 bits per heavy atom. The number of hydrogen-bond acceptors (Lipinski definition) is 5. The summed E-state index contributed by atoms with van der Waals surface area (Å²) < 4.78 is 39.2. The van der Waals surface area contributed by atoms with Crippen LogP contribution in [-0.2, 0) is 10.0 Å². The Kier molecular flexibility index (Phi) is 6.38. The van der Waals surface area contributed by atoms with Crippen LogP contribution in [0.5, 0.6) is 11.5 Å². The second kappa shape index (κ2) is 8.95. The molecule has 3 aromatic rings. The van der Waals surface area contributed by atoms with Gasteiger partial charge in [0.2, 0.25) is 0 Å². The minimum absolute atomic E-state index is 0.0870.